The van der Waals surface area contributed by atoms with E-state index in [4.69, 9.17) is 9.47 Å². The minimum Gasteiger partial charge on any atom is -0.493 e. The molecule has 3 aliphatic rings. The molecule has 5 rings (SSSR count). The standard InChI is InChI=1S/C28H38N4O3/c1-34-26-11-8-23(20-27(26)35-2)22-6-9-25(10-7-22)30-14-12-29(13-15-30)21-28(33)32-18-16-31(17-19-32)24-4-3-5-24/h6-11,20,24H,3-5,12-19,21H2,1-2H3. The third kappa shape index (κ3) is 5.41. The molecule has 2 saturated heterocycles. The molecule has 0 radical (unpaired) electrons. The predicted octanol–water partition coefficient (Wildman–Crippen LogP) is 3.19. The molecule has 7 nitrogen and oxygen atoms in total. The number of carbonyl (C=O) groups is 1. The van der Waals surface area contributed by atoms with Crippen LogP contribution >= 0.6 is 0 Å². The lowest BCUT2D eigenvalue weighted by molar-refractivity contribution is -0.134. The van der Waals surface area contributed by atoms with Crippen LogP contribution in [-0.4, -0.2) is 99.8 Å². The first-order valence-electron chi connectivity index (χ1n) is 13.0. The Labute approximate surface area is 209 Å². The molecule has 0 N–H and O–H groups in total. The molecule has 0 spiro atoms. The maximum Gasteiger partial charge on any atom is 0.236 e. The molecular formula is C28H38N4O3. The predicted molar refractivity (Wildman–Crippen MR) is 139 cm³/mol. The zero-order valence-corrected chi connectivity index (χ0v) is 21.1. The lowest BCUT2D eigenvalue weighted by Crippen LogP contribution is -2.56. The van der Waals surface area contributed by atoms with Crippen molar-refractivity contribution < 1.29 is 14.3 Å². The van der Waals surface area contributed by atoms with E-state index in [1.54, 1.807) is 14.2 Å². The Morgan fingerprint density at radius 2 is 1.46 bits per heavy atom. The van der Waals surface area contributed by atoms with Gasteiger partial charge < -0.3 is 19.3 Å². The van der Waals surface area contributed by atoms with Crippen molar-refractivity contribution in [3.63, 3.8) is 0 Å². The summed E-state index contributed by atoms with van der Waals surface area (Å²) in [6, 6.07) is 15.5. The molecule has 35 heavy (non-hydrogen) atoms. The number of ether oxygens (including phenoxy) is 2. The third-order valence-corrected chi connectivity index (χ3v) is 7.94. The maximum atomic E-state index is 12.9. The fourth-order valence-electron chi connectivity index (χ4n) is 5.42. The van der Waals surface area contributed by atoms with Gasteiger partial charge in [0.15, 0.2) is 11.5 Å². The van der Waals surface area contributed by atoms with Crippen LogP contribution in [0.4, 0.5) is 5.69 Å². The molecule has 0 unspecified atom stereocenters. The Kier molecular flexibility index (Phi) is 7.44. The van der Waals surface area contributed by atoms with Crippen molar-refractivity contribution in [1.82, 2.24) is 14.7 Å². The summed E-state index contributed by atoms with van der Waals surface area (Å²) in [5.41, 5.74) is 3.48. The fourth-order valence-corrected chi connectivity index (χ4v) is 5.42. The highest BCUT2D eigenvalue weighted by molar-refractivity contribution is 5.78. The van der Waals surface area contributed by atoms with Gasteiger partial charge in [-0.25, -0.2) is 0 Å². The second kappa shape index (κ2) is 10.9. The van der Waals surface area contributed by atoms with Gasteiger partial charge in [-0.2, -0.15) is 0 Å². The van der Waals surface area contributed by atoms with Gasteiger partial charge in [-0.3, -0.25) is 14.6 Å². The molecule has 0 atom stereocenters. The zero-order valence-electron chi connectivity index (χ0n) is 21.1. The van der Waals surface area contributed by atoms with Gasteiger partial charge in [0, 0.05) is 64.1 Å². The molecule has 1 aliphatic carbocycles. The Morgan fingerprint density at radius 1 is 0.800 bits per heavy atom. The molecule has 7 heteroatoms. The Morgan fingerprint density at radius 3 is 2.06 bits per heavy atom. The van der Waals surface area contributed by atoms with Crippen LogP contribution < -0.4 is 14.4 Å². The van der Waals surface area contributed by atoms with Crippen LogP contribution in [-0.2, 0) is 4.79 Å². The molecule has 2 heterocycles. The number of amides is 1. The van der Waals surface area contributed by atoms with Gasteiger partial charge in [0.05, 0.1) is 20.8 Å². The van der Waals surface area contributed by atoms with E-state index in [9.17, 15) is 4.79 Å². The smallest absolute Gasteiger partial charge is 0.236 e. The van der Waals surface area contributed by atoms with E-state index < -0.39 is 0 Å². The van der Waals surface area contributed by atoms with E-state index in [1.165, 1.54) is 24.9 Å². The number of carbonyl (C=O) groups excluding carboxylic acids is 1. The van der Waals surface area contributed by atoms with Crippen LogP contribution in [0.2, 0.25) is 0 Å². The minimum atomic E-state index is 0.297. The molecule has 188 valence electrons. The Hall–Kier alpha value is -2.77. The topological polar surface area (TPSA) is 48.5 Å². The molecule has 0 bridgehead atoms. The molecule has 2 aromatic carbocycles. The summed E-state index contributed by atoms with van der Waals surface area (Å²) in [5.74, 6) is 1.77. The second-order valence-electron chi connectivity index (χ2n) is 9.88. The van der Waals surface area contributed by atoms with Gasteiger partial charge in [0.25, 0.3) is 0 Å². The average Bonchev–Trinajstić information content (AvgIpc) is 2.88. The number of hydrogen-bond donors (Lipinski definition) is 0. The van der Waals surface area contributed by atoms with Crippen molar-refractivity contribution in [2.75, 3.05) is 78.0 Å². The highest BCUT2D eigenvalue weighted by Gasteiger charge is 2.30. The normalized spacial score (nSPS) is 19.9. The lowest BCUT2D eigenvalue weighted by Gasteiger charge is -2.43. The van der Waals surface area contributed by atoms with Crippen LogP contribution in [0.25, 0.3) is 11.1 Å². The summed E-state index contributed by atoms with van der Waals surface area (Å²) in [7, 11) is 3.31. The van der Waals surface area contributed by atoms with Crippen molar-refractivity contribution in [2.45, 2.75) is 25.3 Å². The van der Waals surface area contributed by atoms with Gasteiger partial charge >= 0.3 is 0 Å². The molecule has 2 aliphatic heterocycles. The monoisotopic (exact) mass is 478 g/mol. The summed E-state index contributed by atoms with van der Waals surface area (Å²) in [6.07, 6.45) is 4.06. The number of rotatable bonds is 7. The molecule has 3 fully saturated rings. The van der Waals surface area contributed by atoms with Crippen LogP contribution in [0.5, 0.6) is 11.5 Å². The van der Waals surface area contributed by atoms with E-state index in [0.717, 1.165) is 81.0 Å². The van der Waals surface area contributed by atoms with E-state index >= 15 is 0 Å². The summed E-state index contributed by atoms with van der Waals surface area (Å²) < 4.78 is 10.8. The van der Waals surface area contributed by atoms with Gasteiger partial charge in [-0.1, -0.05) is 24.6 Å². The lowest BCUT2D eigenvalue weighted by atomic mass is 9.91. The number of nitrogens with zero attached hydrogens (tertiary/aromatic N) is 4. The second-order valence-corrected chi connectivity index (χ2v) is 9.88. The van der Waals surface area contributed by atoms with Crippen molar-refractivity contribution in [1.29, 1.82) is 0 Å². The number of methoxy groups -OCH3 is 2. The quantitative estimate of drug-likeness (QED) is 0.609. The Bertz CT molecular complexity index is 992. The number of piperazine rings is 2. The summed E-state index contributed by atoms with van der Waals surface area (Å²) in [4.78, 5) is 22.3. The largest absolute Gasteiger partial charge is 0.493 e. The van der Waals surface area contributed by atoms with Crippen molar-refractivity contribution >= 4 is 11.6 Å². The van der Waals surface area contributed by atoms with Gasteiger partial charge in [-0.15, -0.1) is 0 Å². The van der Waals surface area contributed by atoms with Gasteiger partial charge in [0.2, 0.25) is 5.91 Å². The maximum absolute atomic E-state index is 12.9. The molecule has 0 aromatic heterocycles. The van der Waals surface area contributed by atoms with E-state index in [1.807, 2.05) is 12.1 Å². The van der Waals surface area contributed by atoms with Crippen LogP contribution in [0, 0.1) is 0 Å². The zero-order chi connectivity index (χ0) is 24.2. The van der Waals surface area contributed by atoms with Crippen molar-refractivity contribution in [3.05, 3.63) is 42.5 Å². The van der Waals surface area contributed by atoms with Crippen LogP contribution in [0.3, 0.4) is 0 Å². The van der Waals surface area contributed by atoms with E-state index in [2.05, 4.69) is 49.9 Å². The molecular weight excluding hydrogens is 440 g/mol. The highest BCUT2D eigenvalue weighted by Crippen LogP contribution is 2.33. The highest BCUT2D eigenvalue weighted by atomic mass is 16.5. The number of benzene rings is 2. The average molecular weight is 479 g/mol. The molecule has 1 amide bonds. The summed E-state index contributed by atoms with van der Waals surface area (Å²) in [5, 5.41) is 0. The summed E-state index contributed by atoms with van der Waals surface area (Å²) >= 11 is 0. The van der Waals surface area contributed by atoms with E-state index in [0.29, 0.717) is 12.5 Å². The fraction of sp³-hybridized carbons (Fsp3) is 0.536. The molecule has 2 aromatic rings. The van der Waals surface area contributed by atoms with Gasteiger partial charge in [-0.05, 0) is 48.2 Å². The first kappa shape index (κ1) is 23.9. The van der Waals surface area contributed by atoms with Crippen molar-refractivity contribution in [3.8, 4) is 22.6 Å². The van der Waals surface area contributed by atoms with Crippen LogP contribution in [0.1, 0.15) is 19.3 Å². The minimum absolute atomic E-state index is 0.297. The van der Waals surface area contributed by atoms with Crippen molar-refractivity contribution in [2.24, 2.45) is 0 Å². The first-order valence-corrected chi connectivity index (χ1v) is 13.0. The van der Waals surface area contributed by atoms with Gasteiger partial charge in [0.1, 0.15) is 0 Å². The SMILES string of the molecule is COc1ccc(-c2ccc(N3CCN(CC(=O)N4CCN(C5CCC5)CC4)CC3)cc2)cc1OC. The third-order valence-electron chi connectivity index (χ3n) is 7.94. The van der Waals surface area contributed by atoms with E-state index in [-0.39, 0.29) is 0 Å². The summed E-state index contributed by atoms with van der Waals surface area (Å²) in [6.45, 7) is 8.15. The Balaban J connectivity index is 1.10. The molecule has 1 saturated carbocycles. The number of anilines is 1. The number of hydrogen-bond acceptors (Lipinski definition) is 6. The van der Waals surface area contributed by atoms with Crippen LogP contribution in [0.15, 0.2) is 42.5 Å². The first-order chi connectivity index (χ1) is 17.1.